The Morgan fingerprint density at radius 3 is 2.84 bits per heavy atom. The van der Waals surface area contributed by atoms with Gasteiger partial charge in [-0.1, -0.05) is 18.2 Å². The van der Waals surface area contributed by atoms with E-state index in [9.17, 15) is 9.59 Å². The molecule has 5 nitrogen and oxygen atoms in total. The average molecular weight is 259 g/mol. The van der Waals surface area contributed by atoms with E-state index in [2.05, 4.69) is 5.32 Å². The Bertz CT molecular complexity index is 525. The third-order valence-electron chi connectivity index (χ3n) is 3.68. The first-order chi connectivity index (χ1) is 9.16. The Balaban J connectivity index is 1.69. The molecular weight excluding hydrogens is 242 g/mol. The zero-order chi connectivity index (χ0) is 13.4. The predicted octanol–water partition coefficient (Wildman–Crippen LogP) is 0.559. The summed E-state index contributed by atoms with van der Waals surface area (Å²) in [7, 11) is 0. The van der Waals surface area contributed by atoms with E-state index in [0.29, 0.717) is 12.5 Å². The Labute approximate surface area is 111 Å². The second-order valence-electron chi connectivity index (χ2n) is 5.21. The fourth-order valence-corrected chi connectivity index (χ4v) is 2.36. The molecule has 0 saturated heterocycles. The van der Waals surface area contributed by atoms with Crippen LogP contribution in [0.15, 0.2) is 24.3 Å². The topological polar surface area (TPSA) is 75.4 Å². The molecule has 1 heterocycles. The number of anilines is 1. The van der Waals surface area contributed by atoms with Gasteiger partial charge in [0.05, 0.1) is 0 Å². The van der Waals surface area contributed by atoms with Gasteiger partial charge < -0.3 is 16.0 Å². The van der Waals surface area contributed by atoms with Crippen molar-refractivity contribution in [1.82, 2.24) is 5.32 Å². The molecule has 1 saturated carbocycles. The molecule has 19 heavy (non-hydrogen) atoms. The lowest BCUT2D eigenvalue weighted by Crippen LogP contribution is -2.41. The van der Waals surface area contributed by atoms with Gasteiger partial charge in [0.15, 0.2) is 0 Å². The molecule has 2 aliphatic rings. The number of nitrogens with two attached hydrogens (primary N) is 1. The van der Waals surface area contributed by atoms with E-state index in [-0.39, 0.29) is 18.4 Å². The highest BCUT2D eigenvalue weighted by Crippen LogP contribution is 2.33. The minimum atomic E-state index is -0.646. The van der Waals surface area contributed by atoms with E-state index >= 15 is 0 Å². The molecule has 1 unspecified atom stereocenters. The highest BCUT2D eigenvalue weighted by Gasteiger charge is 2.35. The van der Waals surface area contributed by atoms with Crippen LogP contribution in [-0.4, -0.2) is 24.9 Å². The predicted molar refractivity (Wildman–Crippen MR) is 71.5 cm³/mol. The molecule has 0 radical (unpaired) electrons. The van der Waals surface area contributed by atoms with E-state index in [1.54, 1.807) is 0 Å². The quantitative estimate of drug-likeness (QED) is 0.829. The van der Waals surface area contributed by atoms with Crippen LogP contribution in [0.25, 0.3) is 0 Å². The Morgan fingerprint density at radius 1 is 1.37 bits per heavy atom. The minimum absolute atomic E-state index is 0.0519. The Kier molecular flexibility index (Phi) is 2.98. The summed E-state index contributed by atoms with van der Waals surface area (Å²) in [6, 6.07) is 6.71. The van der Waals surface area contributed by atoms with Crippen molar-refractivity contribution in [1.29, 1.82) is 0 Å². The molecule has 1 fully saturated rings. The zero-order valence-electron chi connectivity index (χ0n) is 10.6. The molecule has 3 rings (SSSR count). The van der Waals surface area contributed by atoms with Crippen molar-refractivity contribution in [2.24, 2.45) is 11.7 Å². The second kappa shape index (κ2) is 4.66. The number of hydrogen-bond donors (Lipinski definition) is 2. The van der Waals surface area contributed by atoms with Gasteiger partial charge >= 0.3 is 0 Å². The fraction of sp³-hybridized carbons (Fsp3) is 0.429. The molecular formula is C14H17N3O2. The van der Waals surface area contributed by atoms with Crippen molar-refractivity contribution in [2.75, 3.05) is 18.0 Å². The van der Waals surface area contributed by atoms with Crippen LogP contribution in [0.4, 0.5) is 5.69 Å². The monoisotopic (exact) mass is 259 g/mol. The van der Waals surface area contributed by atoms with Crippen LogP contribution in [0.5, 0.6) is 0 Å². The van der Waals surface area contributed by atoms with Crippen LogP contribution >= 0.6 is 0 Å². The summed E-state index contributed by atoms with van der Waals surface area (Å²) in [5, 5.41) is 2.86. The van der Waals surface area contributed by atoms with Crippen LogP contribution in [0, 0.1) is 5.92 Å². The van der Waals surface area contributed by atoms with E-state index in [1.165, 1.54) is 17.7 Å². The molecule has 1 aliphatic heterocycles. The van der Waals surface area contributed by atoms with Crippen molar-refractivity contribution in [3.63, 3.8) is 0 Å². The Morgan fingerprint density at radius 2 is 2.11 bits per heavy atom. The van der Waals surface area contributed by atoms with Crippen molar-refractivity contribution in [3.8, 4) is 0 Å². The molecule has 100 valence electrons. The van der Waals surface area contributed by atoms with Crippen molar-refractivity contribution in [2.45, 2.75) is 18.9 Å². The van der Waals surface area contributed by atoms with Crippen LogP contribution in [0.1, 0.15) is 24.4 Å². The fourth-order valence-electron chi connectivity index (χ4n) is 2.36. The van der Waals surface area contributed by atoms with E-state index in [0.717, 1.165) is 11.3 Å². The number of carbonyl (C=O) groups is 2. The maximum Gasteiger partial charge on any atom is 0.249 e. The number of nitrogens with zero attached hydrogens (tertiary/aromatic N) is 1. The summed E-state index contributed by atoms with van der Waals surface area (Å²) in [6.07, 6.45) is 2.38. The number of benzene rings is 1. The zero-order valence-corrected chi connectivity index (χ0v) is 10.6. The smallest absolute Gasteiger partial charge is 0.249 e. The minimum Gasteiger partial charge on any atom is -0.354 e. The number of amides is 2. The maximum atomic E-state index is 12.1. The maximum absolute atomic E-state index is 12.1. The number of carbonyl (C=O) groups excluding carboxylic acids is 2. The summed E-state index contributed by atoms with van der Waals surface area (Å²) in [5.74, 6) is 0.305. The number of fused-ring (bicyclic) bond motifs is 1. The number of nitrogens with one attached hydrogen (secondary N) is 1. The Hall–Kier alpha value is -1.88. The van der Waals surface area contributed by atoms with Crippen molar-refractivity contribution < 1.29 is 9.59 Å². The molecule has 0 bridgehead atoms. The molecule has 1 aliphatic carbocycles. The SMILES string of the molecule is NC1C(=O)N(CC(=O)NCC2CC2)c2ccccc21. The van der Waals surface area contributed by atoms with Gasteiger partial charge in [0.2, 0.25) is 11.8 Å². The van der Waals surface area contributed by atoms with Crippen molar-refractivity contribution >= 4 is 17.5 Å². The first kappa shape index (κ1) is 12.2. The molecule has 0 aromatic heterocycles. The van der Waals surface area contributed by atoms with Gasteiger partial charge in [-0.05, 0) is 24.8 Å². The van der Waals surface area contributed by atoms with E-state index in [1.807, 2.05) is 24.3 Å². The lowest BCUT2D eigenvalue weighted by atomic mass is 10.1. The first-order valence-electron chi connectivity index (χ1n) is 6.59. The largest absolute Gasteiger partial charge is 0.354 e. The lowest BCUT2D eigenvalue weighted by Gasteiger charge is -2.17. The summed E-state index contributed by atoms with van der Waals surface area (Å²) in [5.41, 5.74) is 7.41. The third-order valence-corrected chi connectivity index (χ3v) is 3.68. The normalized spacial score (nSPS) is 21.4. The standard InChI is InChI=1S/C14H17N3O2/c15-13-10-3-1-2-4-11(10)17(14(13)19)8-12(18)16-7-9-5-6-9/h1-4,9,13H,5-8,15H2,(H,16,18). The molecule has 1 aromatic carbocycles. The van der Waals surface area contributed by atoms with E-state index < -0.39 is 6.04 Å². The highest BCUT2D eigenvalue weighted by molar-refractivity contribution is 6.07. The van der Waals surface area contributed by atoms with Crippen LogP contribution in [-0.2, 0) is 9.59 Å². The first-order valence-corrected chi connectivity index (χ1v) is 6.59. The molecule has 1 aromatic rings. The van der Waals surface area contributed by atoms with Gasteiger partial charge in [0, 0.05) is 17.8 Å². The van der Waals surface area contributed by atoms with Crippen molar-refractivity contribution in [3.05, 3.63) is 29.8 Å². The number of para-hydroxylation sites is 1. The second-order valence-corrected chi connectivity index (χ2v) is 5.21. The van der Waals surface area contributed by atoms with Crippen LogP contribution < -0.4 is 16.0 Å². The van der Waals surface area contributed by atoms with Crippen LogP contribution in [0.2, 0.25) is 0 Å². The summed E-state index contributed by atoms with van der Waals surface area (Å²) >= 11 is 0. The molecule has 3 N–H and O–H groups in total. The van der Waals surface area contributed by atoms with Gasteiger partial charge in [0.1, 0.15) is 12.6 Å². The molecule has 1 atom stereocenters. The van der Waals surface area contributed by atoms with Gasteiger partial charge in [0.25, 0.3) is 0 Å². The third kappa shape index (κ3) is 2.33. The number of rotatable bonds is 4. The highest BCUT2D eigenvalue weighted by atomic mass is 16.2. The van der Waals surface area contributed by atoms with Gasteiger partial charge in [-0.25, -0.2) is 0 Å². The molecule has 2 amide bonds. The van der Waals surface area contributed by atoms with Crippen LogP contribution in [0.3, 0.4) is 0 Å². The van der Waals surface area contributed by atoms with E-state index in [4.69, 9.17) is 5.73 Å². The number of hydrogen-bond acceptors (Lipinski definition) is 3. The lowest BCUT2D eigenvalue weighted by molar-refractivity contribution is -0.124. The average Bonchev–Trinajstić information content (AvgIpc) is 3.22. The van der Waals surface area contributed by atoms with Gasteiger partial charge in [-0.15, -0.1) is 0 Å². The molecule has 0 spiro atoms. The summed E-state index contributed by atoms with van der Waals surface area (Å²) < 4.78 is 0. The van der Waals surface area contributed by atoms with Gasteiger partial charge in [-0.3, -0.25) is 9.59 Å². The molecule has 5 heteroatoms. The van der Waals surface area contributed by atoms with Gasteiger partial charge in [-0.2, -0.15) is 0 Å². The summed E-state index contributed by atoms with van der Waals surface area (Å²) in [6.45, 7) is 0.769. The summed E-state index contributed by atoms with van der Waals surface area (Å²) in [4.78, 5) is 25.4.